The number of halogens is 2. The number of aromatic nitrogens is 2. The number of thiophene rings is 1. The maximum Gasteiger partial charge on any atom is 0.322 e. The Balaban J connectivity index is 1.38. The zero-order valence-corrected chi connectivity index (χ0v) is 18.6. The molecule has 1 amide bonds. The van der Waals surface area contributed by atoms with E-state index in [0.29, 0.717) is 32.7 Å². The number of hydrogen-bond acceptors (Lipinski definition) is 7. The largest absolute Gasteiger partial charge is 0.403 e. The van der Waals surface area contributed by atoms with Crippen molar-refractivity contribution < 1.29 is 17.6 Å². The Morgan fingerprint density at radius 3 is 2.67 bits per heavy atom. The van der Waals surface area contributed by atoms with Crippen molar-refractivity contribution in [2.24, 2.45) is 5.92 Å². The summed E-state index contributed by atoms with van der Waals surface area (Å²) in [6, 6.07) is 8.06. The predicted octanol–water partition coefficient (Wildman–Crippen LogP) is 4.14. The highest BCUT2D eigenvalue weighted by Crippen LogP contribution is 2.31. The van der Waals surface area contributed by atoms with E-state index in [1.807, 2.05) is 0 Å². The number of anilines is 1. The number of nitrogens with one attached hydrogen (secondary N) is 1. The number of carbonyl (C=O) groups excluding carboxylic acids is 1. The monoisotopic (exact) mass is 486 g/mol. The van der Waals surface area contributed by atoms with Crippen LogP contribution in [0.1, 0.15) is 12.8 Å². The molecule has 1 aliphatic rings. The summed E-state index contributed by atoms with van der Waals surface area (Å²) in [6.07, 6.45) is 0.801. The maximum atomic E-state index is 12.6. The summed E-state index contributed by atoms with van der Waals surface area (Å²) in [5.41, 5.74) is 0.462. The zero-order chi connectivity index (χ0) is 21.3. The molecule has 1 N–H and O–H groups in total. The first-order valence-corrected chi connectivity index (χ1v) is 12.1. The fraction of sp³-hybridized carbons (Fsp3) is 0.278. The van der Waals surface area contributed by atoms with Crippen LogP contribution in [0.5, 0.6) is 0 Å². The molecule has 0 saturated carbocycles. The van der Waals surface area contributed by atoms with Crippen LogP contribution in [0.2, 0.25) is 10.0 Å². The number of benzene rings is 1. The molecular weight excluding hydrogens is 471 g/mol. The molecule has 3 heterocycles. The van der Waals surface area contributed by atoms with Crippen LogP contribution in [0.15, 0.2) is 44.3 Å². The van der Waals surface area contributed by atoms with Crippen LogP contribution >= 0.6 is 34.5 Å². The second kappa shape index (κ2) is 8.64. The van der Waals surface area contributed by atoms with E-state index in [9.17, 15) is 13.2 Å². The van der Waals surface area contributed by atoms with E-state index in [0.717, 1.165) is 0 Å². The van der Waals surface area contributed by atoms with Crippen molar-refractivity contribution >= 4 is 56.5 Å². The minimum Gasteiger partial charge on any atom is -0.403 e. The van der Waals surface area contributed by atoms with E-state index in [1.54, 1.807) is 35.7 Å². The Labute approximate surface area is 186 Å². The fourth-order valence-electron chi connectivity index (χ4n) is 3.15. The smallest absolute Gasteiger partial charge is 0.322 e. The van der Waals surface area contributed by atoms with Gasteiger partial charge in [-0.3, -0.25) is 10.1 Å². The summed E-state index contributed by atoms with van der Waals surface area (Å²) >= 11 is 13.3. The van der Waals surface area contributed by atoms with Crippen molar-refractivity contribution in [3.63, 3.8) is 0 Å². The van der Waals surface area contributed by atoms with Gasteiger partial charge in [-0.1, -0.05) is 34.4 Å². The molecule has 0 bridgehead atoms. The van der Waals surface area contributed by atoms with Gasteiger partial charge in [-0.15, -0.1) is 16.4 Å². The third kappa shape index (κ3) is 4.37. The molecule has 158 valence electrons. The van der Waals surface area contributed by atoms with E-state index in [2.05, 4.69) is 15.5 Å². The van der Waals surface area contributed by atoms with Crippen molar-refractivity contribution in [3.8, 4) is 11.5 Å². The number of sulfonamides is 1. The second-order valence-electron chi connectivity index (χ2n) is 6.64. The Bertz CT molecular complexity index is 1160. The normalized spacial score (nSPS) is 15.9. The van der Waals surface area contributed by atoms with Gasteiger partial charge in [-0.05, 0) is 42.5 Å². The van der Waals surface area contributed by atoms with Crippen molar-refractivity contribution in [2.45, 2.75) is 17.1 Å². The fourth-order valence-corrected chi connectivity index (χ4v) is 6.13. The molecule has 0 unspecified atom stereocenters. The molecular formula is C18H16Cl2N4O4S2. The number of piperidine rings is 1. The van der Waals surface area contributed by atoms with E-state index in [1.165, 1.54) is 15.6 Å². The van der Waals surface area contributed by atoms with Crippen molar-refractivity contribution in [2.75, 3.05) is 18.4 Å². The summed E-state index contributed by atoms with van der Waals surface area (Å²) in [5, 5.41) is 12.9. The van der Waals surface area contributed by atoms with E-state index in [-0.39, 0.29) is 36.8 Å². The van der Waals surface area contributed by atoms with Gasteiger partial charge in [-0.25, -0.2) is 8.42 Å². The van der Waals surface area contributed by atoms with Crippen molar-refractivity contribution in [3.05, 3.63) is 45.8 Å². The van der Waals surface area contributed by atoms with Crippen LogP contribution in [0.3, 0.4) is 0 Å². The molecule has 0 aliphatic carbocycles. The summed E-state index contributed by atoms with van der Waals surface area (Å²) in [4.78, 5) is 12.6. The van der Waals surface area contributed by atoms with Gasteiger partial charge >= 0.3 is 6.01 Å². The summed E-state index contributed by atoms with van der Waals surface area (Å²) in [5.74, 6) is -0.518. The van der Waals surface area contributed by atoms with Crippen molar-refractivity contribution in [1.29, 1.82) is 0 Å². The number of amides is 1. The van der Waals surface area contributed by atoms with Gasteiger partial charge in [-0.2, -0.15) is 4.31 Å². The van der Waals surface area contributed by atoms with Gasteiger partial charge in [0.2, 0.25) is 5.91 Å². The molecule has 3 aromatic rings. The molecule has 8 nitrogen and oxygen atoms in total. The summed E-state index contributed by atoms with van der Waals surface area (Å²) in [6.45, 7) is 0.539. The third-order valence-electron chi connectivity index (χ3n) is 4.73. The van der Waals surface area contributed by atoms with Gasteiger partial charge < -0.3 is 4.42 Å². The molecule has 2 aromatic heterocycles. The van der Waals surface area contributed by atoms with E-state index < -0.39 is 10.0 Å². The first-order chi connectivity index (χ1) is 14.3. The molecule has 1 fully saturated rings. The average molecular weight is 487 g/mol. The highest BCUT2D eigenvalue weighted by Gasteiger charge is 2.33. The number of carbonyl (C=O) groups is 1. The lowest BCUT2D eigenvalue weighted by atomic mass is 9.97. The van der Waals surface area contributed by atoms with Crippen LogP contribution in [-0.4, -0.2) is 41.9 Å². The lowest BCUT2D eigenvalue weighted by Crippen LogP contribution is -2.41. The molecule has 4 rings (SSSR count). The van der Waals surface area contributed by atoms with Crippen LogP contribution in [0.4, 0.5) is 6.01 Å². The standard InChI is InChI=1S/C18H16Cl2N4O4S2/c19-12-3-4-14(20)13(10-12)17-22-23-18(28-17)21-16(25)11-5-7-24(8-6-11)30(26,27)15-2-1-9-29-15/h1-4,9-11H,5-8H2,(H,21,23,25). The van der Waals surface area contributed by atoms with Gasteiger partial charge in [0.1, 0.15) is 4.21 Å². The predicted molar refractivity (Wildman–Crippen MR) is 114 cm³/mol. The molecule has 1 aromatic carbocycles. The highest BCUT2D eigenvalue weighted by molar-refractivity contribution is 7.91. The first-order valence-electron chi connectivity index (χ1n) is 8.98. The lowest BCUT2D eigenvalue weighted by Gasteiger charge is -2.29. The molecule has 1 saturated heterocycles. The summed E-state index contributed by atoms with van der Waals surface area (Å²) < 4.78 is 32.4. The Morgan fingerprint density at radius 2 is 1.97 bits per heavy atom. The molecule has 0 radical (unpaired) electrons. The number of rotatable bonds is 5. The number of hydrogen-bond donors (Lipinski definition) is 1. The average Bonchev–Trinajstić information content (AvgIpc) is 3.42. The molecule has 12 heteroatoms. The van der Waals surface area contributed by atoms with Crippen LogP contribution in [0, 0.1) is 5.92 Å². The second-order valence-corrected chi connectivity index (χ2v) is 10.6. The lowest BCUT2D eigenvalue weighted by molar-refractivity contribution is -0.121. The molecule has 1 aliphatic heterocycles. The highest BCUT2D eigenvalue weighted by atomic mass is 35.5. The first kappa shape index (κ1) is 21.3. The quantitative estimate of drug-likeness (QED) is 0.580. The van der Waals surface area contributed by atoms with Gasteiger partial charge in [0.15, 0.2) is 0 Å². The molecule has 0 spiro atoms. The third-order valence-corrected chi connectivity index (χ3v) is 8.56. The Kier molecular flexibility index (Phi) is 6.12. The Morgan fingerprint density at radius 1 is 1.20 bits per heavy atom. The maximum absolute atomic E-state index is 12.6. The summed E-state index contributed by atoms with van der Waals surface area (Å²) in [7, 11) is -3.51. The SMILES string of the molecule is O=C(Nc1nnc(-c2cc(Cl)ccc2Cl)o1)C1CCN(S(=O)(=O)c2cccs2)CC1. The minimum absolute atomic E-state index is 0.0559. The van der Waals surface area contributed by atoms with Gasteiger partial charge in [0.25, 0.3) is 15.9 Å². The van der Waals surface area contributed by atoms with E-state index >= 15 is 0 Å². The van der Waals surface area contributed by atoms with E-state index in [4.69, 9.17) is 27.6 Å². The van der Waals surface area contributed by atoms with Crippen LogP contribution < -0.4 is 5.32 Å². The van der Waals surface area contributed by atoms with Gasteiger partial charge in [0.05, 0.1) is 10.6 Å². The van der Waals surface area contributed by atoms with Crippen LogP contribution in [-0.2, 0) is 14.8 Å². The zero-order valence-electron chi connectivity index (χ0n) is 15.4. The number of nitrogens with zero attached hydrogens (tertiary/aromatic N) is 3. The van der Waals surface area contributed by atoms with Gasteiger partial charge in [0, 0.05) is 24.0 Å². The molecule has 0 atom stereocenters. The van der Waals surface area contributed by atoms with Crippen molar-refractivity contribution in [1.82, 2.24) is 14.5 Å². The van der Waals surface area contributed by atoms with Crippen LogP contribution in [0.25, 0.3) is 11.5 Å². The minimum atomic E-state index is -3.51. The topological polar surface area (TPSA) is 105 Å². The Hall–Kier alpha value is -1.98. The molecule has 30 heavy (non-hydrogen) atoms.